The van der Waals surface area contributed by atoms with Gasteiger partial charge in [-0.15, -0.1) is 0 Å². The quantitative estimate of drug-likeness (QED) is 0.808. The van der Waals surface area contributed by atoms with Crippen molar-refractivity contribution in [3.63, 3.8) is 0 Å². The maximum absolute atomic E-state index is 12.1. The van der Waals surface area contributed by atoms with Gasteiger partial charge in [0, 0.05) is 16.5 Å². The van der Waals surface area contributed by atoms with Crippen LogP contribution in [0.3, 0.4) is 0 Å². The minimum absolute atomic E-state index is 0.0296. The average Bonchev–Trinajstić information content (AvgIpc) is 2.41. The lowest BCUT2D eigenvalue weighted by molar-refractivity contribution is -0.124. The highest BCUT2D eigenvalue weighted by atomic mass is 35.5. The molecule has 0 heterocycles. The monoisotopic (exact) mass is 308 g/mol. The van der Waals surface area contributed by atoms with Gasteiger partial charge >= 0.3 is 0 Å². The molecular formula is C16H14Cl2O2. The van der Waals surface area contributed by atoms with Crippen LogP contribution in [0.25, 0.3) is 0 Å². The third-order valence-corrected chi connectivity index (χ3v) is 3.49. The molecule has 0 aliphatic rings. The molecule has 104 valence electrons. The number of carbonyl (C=O) groups excluding carboxylic acids is 1. The van der Waals surface area contributed by atoms with E-state index in [2.05, 4.69) is 0 Å². The minimum Gasteiger partial charge on any atom is -0.483 e. The Hall–Kier alpha value is -1.51. The van der Waals surface area contributed by atoms with Gasteiger partial charge in [0.15, 0.2) is 11.9 Å². The predicted octanol–water partition coefficient (Wildman–Crippen LogP) is 4.57. The van der Waals surface area contributed by atoms with Crippen LogP contribution < -0.4 is 4.74 Å². The third-order valence-electron chi connectivity index (χ3n) is 2.88. The number of hydrogen-bond donors (Lipinski definition) is 0. The summed E-state index contributed by atoms with van der Waals surface area (Å²) in [4.78, 5) is 12.1. The van der Waals surface area contributed by atoms with E-state index in [9.17, 15) is 4.79 Å². The Morgan fingerprint density at radius 3 is 2.60 bits per heavy atom. The molecule has 4 heteroatoms. The molecular weight excluding hydrogens is 295 g/mol. The van der Waals surface area contributed by atoms with Crippen LogP contribution >= 0.6 is 23.2 Å². The third kappa shape index (κ3) is 3.99. The van der Waals surface area contributed by atoms with E-state index in [1.807, 2.05) is 18.2 Å². The summed E-state index contributed by atoms with van der Waals surface area (Å²) in [6.07, 6.45) is -0.300. The summed E-state index contributed by atoms with van der Waals surface area (Å²) in [6.45, 7) is 1.72. The zero-order valence-electron chi connectivity index (χ0n) is 11.0. The first-order chi connectivity index (χ1) is 9.56. The van der Waals surface area contributed by atoms with Crippen molar-refractivity contribution in [3.05, 3.63) is 64.1 Å². The lowest BCUT2D eigenvalue weighted by atomic mass is 10.1. The van der Waals surface area contributed by atoms with Crippen molar-refractivity contribution in [3.8, 4) is 5.75 Å². The largest absolute Gasteiger partial charge is 0.483 e. The first-order valence-electron chi connectivity index (χ1n) is 6.24. The molecule has 0 aliphatic carbocycles. The zero-order chi connectivity index (χ0) is 14.5. The Morgan fingerprint density at radius 2 is 1.90 bits per heavy atom. The lowest BCUT2D eigenvalue weighted by Gasteiger charge is -2.14. The van der Waals surface area contributed by atoms with Crippen LogP contribution in [0.15, 0.2) is 48.5 Å². The van der Waals surface area contributed by atoms with Crippen molar-refractivity contribution in [2.75, 3.05) is 0 Å². The van der Waals surface area contributed by atoms with Crippen LogP contribution in [-0.4, -0.2) is 11.9 Å². The van der Waals surface area contributed by atoms with Gasteiger partial charge < -0.3 is 4.74 Å². The second-order valence-electron chi connectivity index (χ2n) is 4.45. The maximum Gasteiger partial charge on any atom is 0.177 e. The Labute approximate surface area is 128 Å². The fourth-order valence-electron chi connectivity index (χ4n) is 1.78. The average molecular weight is 309 g/mol. The van der Waals surface area contributed by atoms with E-state index in [4.69, 9.17) is 27.9 Å². The molecule has 0 amide bonds. The number of carbonyl (C=O) groups is 1. The minimum atomic E-state index is -0.551. The summed E-state index contributed by atoms with van der Waals surface area (Å²) in [5.74, 6) is 0.551. The van der Waals surface area contributed by atoms with Gasteiger partial charge in [-0.25, -0.2) is 0 Å². The van der Waals surface area contributed by atoms with Crippen molar-refractivity contribution >= 4 is 29.0 Å². The van der Waals surface area contributed by atoms with E-state index in [0.29, 0.717) is 15.8 Å². The molecule has 0 saturated heterocycles. The number of ketones is 1. The van der Waals surface area contributed by atoms with Crippen LogP contribution in [0.5, 0.6) is 5.75 Å². The number of ether oxygens (including phenoxy) is 1. The SMILES string of the molecule is CC(Oc1cccc(Cl)c1)C(=O)Cc1ccccc1Cl. The highest BCUT2D eigenvalue weighted by Crippen LogP contribution is 2.20. The Kier molecular flexibility index (Phi) is 5.05. The van der Waals surface area contributed by atoms with Crippen LogP contribution in [0, 0.1) is 0 Å². The standard InChI is InChI=1S/C16H14Cl2O2/c1-11(20-14-7-4-6-13(17)10-14)16(19)9-12-5-2-3-8-15(12)18/h2-8,10-11H,9H2,1H3. The molecule has 0 N–H and O–H groups in total. The molecule has 20 heavy (non-hydrogen) atoms. The van der Waals surface area contributed by atoms with E-state index >= 15 is 0 Å². The van der Waals surface area contributed by atoms with Crippen molar-refractivity contribution < 1.29 is 9.53 Å². The number of hydrogen-bond acceptors (Lipinski definition) is 2. The van der Waals surface area contributed by atoms with E-state index in [1.54, 1.807) is 37.3 Å². The lowest BCUT2D eigenvalue weighted by Crippen LogP contribution is -2.25. The van der Waals surface area contributed by atoms with Crippen LogP contribution in [0.4, 0.5) is 0 Å². The van der Waals surface area contributed by atoms with Gasteiger partial charge in [-0.05, 0) is 36.8 Å². The molecule has 0 aliphatic heterocycles. The molecule has 1 atom stereocenters. The smallest absolute Gasteiger partial charge is 0.177 e. The second-order valence-corrected chi connectivity index (χ2v) is 5.30. The topological polar surface area (TPSA) is 26.3 Å². The van der Waals surface area contributed by atoms with Crippen LogP contribution in [0.1, 0.15) is 12.5 Å². The second kappa shape index (κ2) is 6.78. The fraction of sp³-hybridized carbons (Fsp3) is 0.188. The van der Waals surface area contributed by atoms with Crippen molar-refractivity contribution in [2.45, 2.75) is 19.4 Å². The first kappa shape index (κ1) is 14.9. The van der Waals surface area contributed by atoms with Crippen molar-refractivity contribution in [1.29, 1.82) is 0 Å². The number of rotatable bonds is 5. The summed E-state index contributed by atoms with van der Waals surface area (Å²) in [7, 11) is 0. The van der Waals surface area contributed by atoms with Crippen LogP contribution in [-0.2, 0) is 11.2 Å². The zero-order valence-corrected chi connectivity index (χ0v) is 12.5. The predicted molar refractivity (Wildman–Crippen MR) is 81.7 cm³/mol. The van der Waals surface area contributed by atoms with Gasteiger partial charge in [0.05, 0.1) is 0 Å². The molecule has 2 nitrogen and oxygen atoms in total. The van der Waals surface area contributed by atoms with Gasteiger partial charge in [-0.2, -0.15) is 0 Å². The summed E-state index contributed by atoms with van der Waals surface area (Å²) >= 11 is 11.9. The van der Waals surface area contributed by atoms with Gasteiger partial charge in [0.25, 0.3) is 0 Å². The van der Waals surface area contributed by atoms with Gasteiger partial charge in [-0.3, -0.25) is 4.79 Å². The number of Topliss-reactive ketones (excluding diaryl/α,β-unsaturated/α-hetero) is 1. The number of halogens is 2. The number of benzene rings is 2. The molecule has 0 saturated carbocycles. The summed E-state index contributed by atoms with van der Waals surface area (Å²) in [5.41, 5.74) is 0.806. The Bertz CT molecular complexity index is 611. The Morgan fingerprint density at radius 1 is 1.15 bits per heavy atom. The molecule has 0 bridgehead atoms. The molecule has 2 aromatic carbocycles. The maximum atomic E-state index is 12.1. The van der Waals surface area contributed by atoms with E-state index in [1.165, 1.54) is 0 Å². The van der Waals surface area contributed by atoms with Crippen molar-refractivity contribution in [2.24, 2.45) is 0 Å². The molecule has 0 fully saturated rings. The molecule has 0 aromatic heterocycles. The fourth-order valence-corrected chi connectivity index (χ4v) is 2.17. The molecule has 2 rings (SSSR count). The van der Waals surface area contributed by atoms with Gasteiger partial charge in [-0.1, -0.05) is 47.5 Å². The highest BCUT2D eigenvalue weighted by Gasteiger charge is 2.16. The van der Waals surface area contributed by atoms with Crippen LogP contribution in [0.2, 0.25) is 10.0 Å². The van der Waals surface area contributed by atoms with Gasteiger partial charge in [0.2, 0.25) is 0 Å². The van der Waals surface area contributed by atoms with E-state index in [-0.39, 0.29) is 12.2 Å². The van der Waals surface area contributed by atoms with Gasteiger partial charge in [0.1, 0.15) is 5.75 Å². The highest BCUT2D eigenvalue weighted by molar-refractivity contribution is 6.31. The molecule has 2 aromatic rings. The molecule has 0 radical (unpaired) electrons. The van der Waals surface area contributed by atoms with Crippen molar-refractivity contribution in [1.82, 2.24) is 0 Å². The summed E-state index contributed by atoms with van der Waals surface area (Å²) in [5, 5.41) is 1.17. The summed E-state index contributed by atoms with van der Waals surface area (Å²) < 4.78 is 5.59. The normalized spacial score (nSPS) is 11.9. The first-order valence-corrected chi connectivity index (χ1v) is 7.00. The molecule has 0 spiro atoms. The Balaban J connectivity index is 2.01. The van der Waals surface area contributed by atoms with E-state index < -0.39 is 6.10 Å². The van der Waals surface area contributed by atoms with E-state index in [0.717, 1.165) is 5.56 Å². The molecule has 1 unspecified atom stereocenters. The summed E-state index contributed by atoms with van der Waals surface area (Å²) in [6, 6.07) is 14.3.